The monoisotopic (exact) mass is 478 g/mol. The molecule has 29 heavy (non-hydrogen) atoms. The van der Waals surface area contributed by atoms with E-state index in [2.05, 4.69) is 15.9 Å². The van der Waals surface area contributed by atoms with E-state index >= 15 is 0 Å². The van der Waals surface area contributed by atoms with E-state index < -0.39 is 10.0 Å². The fourth-order valence-electron chi connectivity index (χ4n) is 3.84. The summed E-state index contributed by atoms with van der Waals surface area (Å²) in [5.74, 6) is -0.0750. The first-order chi connectivity index (χ1) is 13.8. The summed E-state index contributed by atoms with van der Waals surface area (Å²) < 4.78 is 29.3. The fraction of sp³-hybridized carbons (Fsp3) is 0.409. The minimum absolute atomic E-state index is 0.0212. The van der Waals surface area contributed by atoms with Gasteiger partial charge in [-0.3, -0.25) is 4.79 Å². The van der Waals surface area contributed by atoms with Crippen LogP contribution >= 0.6 is 15.9 Å². The highest BCUT2D eigenvalue weighted by molar-refractivity contribution is 9.10. The second-order valence-corrected chi connectivity index (χ2v) is 10.3. The quantitative estimate of drug-likeness (QED) is 0.577. The highest BCUT2D eigenvalue weighted by Gasteiger charge is 2.33. The average Bonchev–Trinajstić information content (AvgIpc) is 2.99. The van der Waals surface area contributed by atoms with Crippen molar-refractivity contribution in [1.82, 2.24) is 4.31 Å². The molecule has 2 aromatic carbocycles. The van der Waals surface area contributed by atoms with E-state index in [0.717, 1.165) is 30.4 Å². The summed E-state index contributed by atoms with van der Waals surface area (Å²) in [5, 5.41) is 0. The molecule has 1 aliphatic rings. The lowest BCUT2D eigenvalue weighted by Crippen LogP contribution is -2.34. The van der Waals surface area contributed by atoms with Gasteiger partial charge in [-0.2, -0.15) is 4.31 Å². The molecule has 1 amide bonds. The van der Waals surface area contributed by atoms with E-state index in [0.29, 0.717) is 23.2 Å². The van der Waals surface area contributed by atoms with Gasteiger partial charge in [0.1, 0.15) is 0 Å². The fourth-order valence-corrected chi connectivity index (χ4v) is 6.38. The van der Waals surface area contributed by atoms with Crippen LogP contribution in [0.1, 0.15) is 44.7 Å². The standard InChI is InChI=1S/C22H27BrN2O3S/c1-4-5-11-24(15-18-9-7-6-8-10-18)29(27,28)22-14-21-19(13-20(22)23)12-16(2)25(21)17(3)26/h6-10,13-14,16H,4-5,11-12,15H2,1-3H3/t16-/m1/s1. The van der Waals surface area contributed by atoms with Gasteiger partial charge in [-0.1, -0.05) is 43.7 Å². The molecule has 0 fully saturated rings. The van der Waals surface area contributed by atoms with Crippen molar-refractivity contribution in [3.63, 3.8) is 0 Å². The molecule has 0 spiro atoms. The third kappa shape index (κ3) is 4.57. The Labute approximate surface area is 181 Å². The molecule has 0 unspecified atom stereocenters. The van der Waals surface area contributed by atoms with Crippen LogP contribution in [-0.2, 0) is 27.8 Å². The summed E-state index contributed by atoms with van der Waals surface area (Å²) in [6.45, 7) is 6.31. The van der Waals surface area contributed by atoms with E-state index in [1.807, 2.05) is 50.2 Å². The SMILES string of the molecule is CCCCN(Cc1ccccc1)S(=O)(=O)c1cc2c(cc1Br)C[C@@H](C)N2C(C)=O. The predicted molar refractivity (Wildman–Crippen MR) is 119 cm³/mol. The van der Waals surface area contributed by atoms with Crippen LogP contribution in [0.4, 0.5) is 5.69 Å². The maximum Gasteiger partial charge on any atom is 0.244 e. The smallest absolute Gasteiger partial charge is 0.244 e. The molecule has 0 radical (unpaired) electrons. The molecule has 3 rings (SSSR count). The molecule has 0 saturated carbocycles. The summed E-state index contributed by atoms with van der Waals surface area (Å²) in [6.07, 6.45) is 2.41. The number of amides is 1. The zero-order valence-electron chi connectivity index (χ0n) is 17.1. The number of nitrogens with zero attached hydrogens (tertiary/aromatic N) is 2. The topological polar surface area (TPSA) is 57.7 Å². The molecule has 0 N–H and O–H groups in total. The third-order valence-corrected chi connectivity index (χ3v) is 8.07. The number of sulfonamides is 1. The Bertz CT molecular complexity index is 993. The predicted octanol–water partition coefficient (Wildman–Crippen LogP) is 4.74. The molecule has 0 aliphatic carbocycles. The molecule has 5 nitrogen and oxygen atoms in total. The number of carbonyl (C=O) groups excluding carboxylic acids is 1. The number of rotatable bonds is 7. The molecule has 1 aliphatic heterocycles. The number of benzene rings is 2. The number of anilines is 1. The van der Waals surface area contributed by atoms with E-state index in [4.69, 9.17) is 0 Å². The van der Waals surface area contributed by atoms with Crippen LogP contribution in [0.2, 0.25) is 0 Å². The molecule has 0 aromatic heterocycles. The van der Waals surface area contributed by atoms with Crippen molar-refractivity contribution in [3.8, 4) is 0 Å². The first kappa shape index (κ1) is 22.0. The minimum Gasteiger partial charge on any atom is -0.309 e. The number of unbranched alkanes of at least 4 members (excludes halogenated alkanes) is 1. The molecule has 0 saturated heterocycles. The van der Waals surface area contributed by atoms with E-state index in [9.17, 15) is 13.2 Å². The van der Waals surface area contributed by atoms with Crippen LogP contribution in [0.25, 0.3) is 0 Å². The normalized spacial score (nSPS) is 16.3. The summed E-state index contributed by atoms with van der Waals surface area (Å²) in [5.41, 5.74) is 2.63. The van der Waals surface area contributed by atoms with Gasteiger partial charge in [0.25, 0.3) is 0 Å². The van der Waals surface area contributed by atoms with E-state index in [1.165, 1.54) is 11.2 Å². The molecular formula is C22H27BrN2O3S. The van der Waals surface area contributed by atoms with Crippen molar-refractivity contribution in [1.29, 1.82) is 0 Å². The Hall–Kier alpha value is -1.70. The van der Waals surface area contributed by atoms with Crippen LogP contribution < -0.4 is 4.90 Å². The molecule has 0 bridgehead atoms. The average molecular weight is 479 g/mol. The van der Waals surface area contributed by atoms with Crippen LogP contribution in [0.5, 0.6) is 0 Å². The van der Waals surface area contributed by atoms with Crippen LogP contribution in [0.15, 0.2) is 51.8 Å². The summed E-state index contributed by atoms with van der Waals surface area (Å²) >= 11 is 3.48. The maximum absolute atomic E-state index is 13.6. The molecule has 2 aromatic rings. The molecule has 156 valence electrons. The van der Waals surface area contributed by atoms with Crippen molar-refractivity contribution in [2.24, 2.45) is 0 Å². The van der Waals surface area contributed by atoms with Gasteiger partial charge in [-0.15, -0.1) is 0 Å². The maximum atomic E-state index is 13.6. The van der Waals surface area contributed by atoms with Gasteiger partial charge in [0, 0.05) is 36.2 Å². The summed E-state index contributed by atoms with van der Waals surface area (Å²) in [4.78, 5) is 14.0. The number of fused-ring (bicyclic) bond motifs is 1. The Morgan fingerprint density at radius 1 is 1.24 bits per heavy atom. The van der Waals surface area contributed by atoms with Crippen molar-refractivity contribution in [3.05, 3.63) is 58.1 Å². The second kappa shape index (κ2) is 8.98. The summed E-state index contributed by atoms with van der Waals surface area (Å²) in [7, 11) is -3.74. The van der Waals surface area contributed by atoms with Gasteiger partial charge in [0.2, 0.25) is 15.9 Å². The number of hydrogen-bond acceptors (Lipinski definition) is 3. The Morgan fingerprint density at radius 2 is 1.93 bits per heavy atom. The van der Waals surface area contributed by atoms with Crippen LogP contribution in [0.3, 0.4) is 0 Å². The zero-order chi connectivity index (χ0) is 21.2. The van der Waals surface area contributed by atoms with Crippen molar-refractivity contribution >= 4 is 37.5 Å². The largest absolute Gasteiger partial charge is 0.309 e. The lowest BCUT2D eigenvalue weighted by atomic mass is 10.1. The summed E-state index contributed by atoms with van der Waals surface area (Å²) in [6, 6.07) is 13.1. The van der Waals surface area contributed by atoms with Gasteiger partial charge in [0.05, 0.1) is 4.90 Å². The third-order valence-electron chi connectivity index (χ3n) is 5.27. The van der Waals surface area contributed by atoms with Gasteiger partial charge < -0.3 is 4.90 Å². The van der Waals surface area contributed by atoms with E-state index in [1.54, 1.807) is 11.0 Å². The Kier molecular flexibility index (Phi) is 6.81. The lowest BCUT2D eigenvalue weighted by molar-refractivity contribution is -0.116. The molecular weight excluding hydrogens is 452 g/mol. The highest BCUT2D eigenvalue weighted by Crippen LogP contribution is 2.39. The first-order valence-corrected chi connectivity index (χ1v) is 12.1. The molecule has 1 atom stereocenters. The number of halogens is 1. The van der Waals surface area contributed by atoms with Gasteiger partial charge in [-0.25, -0.2) is 8.42 Å². The van der Waals surface area contributed by atoms with Crippen molar-refractivity contribution < 1.29 is 13.2 Å². The second-order valence-electron chi connectivity index (χ2n) is 7.53. The van der Waals surface area contributed by atoms with E-state index in [-0.39, 0.29) is 16.8 Å². The van der Waals surface area contributed by atoms with Crippen molar-refractivity contribution in [2.75, 3.05) is 11.4 Å². The number of hydrogen-bond donors (Lipinski definition) is 0. The zero-order valence-corrected chi connectivity index (χ0v) is 19.5. The Morgan fingerprint density at radius 3 is 2.55 bits per heavy atom. The molecule has 1 heterocycles. The minimum atomic E-state index is -3.74. The number of carbonyl (C=O) groups is 1. The van der Waals surface area contributed by atoms with Gasteiger partial charge in [-0.05, 0) is 59.0 Å². The van der Waals surface area contributed by atoms with Gasteiger partial charge in [0.15, 0.2) is 0 Å². The van der Waals surface area contributed by atoms with Crippen molar-refractivity contribution in [2.45, 2.75) is 57.5 Å². The highest BCUT2D eigenvalue weighted by atomic mass is 79.9. The van der Waals surface area contributed by atoms with Crippen LogP contribution in [0, 0.1) is 0 Å². The molecule has 7 heteroatoms. The lowest BCUT2D eigenvalue weighted by Gasteiger charge is -2.25. The van der Waals surface area contributed by atoms with Gasteiger partial charge >= 0.3 is 0 Å². The van der Waals surface area contributed by atoms with Crippen LogP contribution in [-0.4, -0.2) is 31.2 Å². The first-order valence-electron chi connectivity index (χ1n) is 9.92. The Balaban J connectivity index is 2.03.